The van der Waals surface area contributed by atoms with E-state index in [0.717, 1.165) is 37.7 Å². The van der Waals surface area contributed by atoms with E-state index in [-0.39, 0.29) is 11.8 Å². The van der Waals surface area contributed by atoms with Crippen LogP contribution in [0.5, 0.6) is 0 Å². The van der Waals surface area contributed by atoms with Gasteiger partial charge < -0.3 is 10.6 Å². The number of carbonyl (C=O) groups excluding carboxylic acids is 1. The van der Waals surface area contributed by atoms with Gasteiger partial charge in [0.05, 0.1) is 0 Å². The maximum Gasteiger partial charge on any atom is 0.226 e. The zero-order chi connectivity index (χ0) is 14.5. The summed E-state index contributed by atoms with van der Waals surface area (Å²) in [5, 5.41) is 0.764. The van der Waals surface area contributed by atoms with Crippen LogP contribution in [0.2, 0.25) is 5.02 Å². The van der Waals surface area contributed by atoms with Crippen LogP contribution in [0.1, 0.15) is 12.5 Å². The smallest absolute Gasteiger partial charge is 0.226 e. The molecule has 4 nitrogen and oxygen atoms in total. The molecule has 0 bridgehead atoms. The van der Waals surface area contributed by atoms with Gasteiger partial charge in [0.15, 0.2) is 0 Å². The SMILES string of the molecule is CC(CN)C(=O)N1CCN(Cc2ccc(Cl)cc2)CC1. The molecule has 20 heavy (non-hydrogen) atoms. The Morgan fingerprint density at radius 1 is 1.25 bits per heavy atom. The minimum atomic E-state index is -0.0715. The van der Waals surface area contributed by atoms with E-state index in [9.17, 15) is 4.79 Å². The summed E-state index contributed by atoms with van der Waals surface area (Å²) in [6, 6.07) is 7.94. The van der Waals surface area contributed by atoms with Crippen molar-refractivity contribution in [2.24, 2.45) is 11.7 Å². The fourth-order valence-electron chi connectivity index (χ4n) is 2.39. The van der Waals surface area contributed by atoms with Crippen molar-refractivity contribution in [3.8, 4) is 0 Å². The Balaban J connectivity index is 1.82. The highest BCUT2D eigenvalue weighted by atomic mass is 35.5. The van der Waals surface area contributed by atoms with E-state index in [1.807, 2.05) is 24.0 Å². The van der Waals surface area contributed by atoms with Crippen molar-refractivity contribution in [3.63, 3.8) is 0 Å². The van der Waals surface area contributed by atoms with E-state index in [1.54, 1.807) is 0 Å². The number of benzene rings is 1. The molecule has 1 atom stereocenters. The Labute approximate surface area is 125 Å². The first-order chi connectivity index (χ1) is 9.60. The minimum Gasteiger partial charge on any atom is -0.340 e. The van der Waals surface area contributed by atoms with Crippen molar-refractivity contribution in [2.75, 3.05) is 32.7 Å². The Bertz CT molecular complexity index is 441. The van der Waals surface area contributed by atoms with Crippen LogP contribution in [0, 0.1) is 5.92 Å². The van der Waals surface area contributed by atoms with E-state index in [2.05, 4.69) is 17.0 Å². The number of carbonyl (C=O) groups is 1. The number of nitrogens with two attached hydrogens (primary N) is 1. The molecule has 0 saturated carbocycles. The van der Waals surface area contributed by atoms with Gasteiger partial charge in [0, 0.05) is 50.2 Å². The van der Waals surface area contributed by atoms with Gasteiger partial charge in [-0.05, 0) is 17.7 Å². The highest BCUT2D eigenvalue weighted by Gasteiger charge is 2.23. The molecular weight excluding hydrogens is 274 g/mol. The van der Waals surface area contributed by atoms with E-state index in [0.29, 0.717) is 6.54 Å². The quantitative estimate of drug-likeness (QED) is 0.917. The van der Waals surface area contributed by atoms with E-state index in [4.69, 9.17) is 17.3 Å². The normalized spacial score (nSPS) is 18.1. The summed E-state index contributed by atoms with van der Waals surface area (Å²) in [4.78, 5) is 16.3. The molecule has 1 aromatic rings. The number of hydrogen-bond donors (Lipinski definition) is 1. The second kappa shape index (κ2) is 7.07. The molecule has 110 valence electrons. The van der Waals surface area contributed by atoms with Crippen LogP contribution >= 0.6 is 11.6 Å². The summed E-state index contributed by atoms with van der Waals surface area (Å²) in [6.07, 6.45) is 0. The predicted molar refractivity (Wildman–Crippen MR) is 81.5 cm³/mol. The third-order valence-corrected chi connectivity index (χ3v) is 4.03. The molecule has 1 fully saturated rings. The molecule has 2 N–H and O–H groups in total. The van der Waals surface area contributed by atoms with Gasteiger partial charge in [-0.25, -0.2) is 0 Å². The van der Waals surface area contributed by atoms with Gasteiger partial charge >= 0.3 is 0 Å². The first-order valence-corrected chi connectivity index (χ1v) is 7.43. The molecule has 5 heteroatoms. The first-order valence-electron chi connectivity index (χ1n) is 7.06. The highest BCUT2D eigenvalue weighted by Crippen LogP contribution is 2.13. The highest BCUT2D eigenvalue weighted by molar-refractivity contribution is 6.30. The van der Waals surface area contributed by atoms with E-state index in [1.165, 1.54) is 5.56 Å². The largest absolute Gasteiger partial charge is 0.340 e. The average molecular weight is 296 g/mol. The summed E-state index contributed by atoms with van der Waals surface area (Å²) in [6.45, 7) is 6.61. The number of piperazine rings is 1. The van der Waals surface area contributed by atoms with Crippen LogP contribution in [0.3, 0.4) is 0 Å². The molecule has 1 saturated heterocycles. The molecule has 1 heterocycles. The molecule has 0 aliphatic carbocycles. The van der Waals surface area contributed by atoms with Gasteiger partial charge in [-0.15, -0.1) is 0 Å². The van der Waals surface area contributed by atoms with Gasteiger partial charge in [0.25, 0.3) is 0 Å². The van der Waals surface area contributed by atoms with Crippen LogP contribution in [-0.2, 0) is 11.3 Å². The van der Waals surface area contributed by atoms with Crippen molar-refractivity contribution >= 4 is 17.5 Å². The molecule has 1 unspecified atom stereocenters. The van der Waals surface area contributed by atoms with Crippen molar-refractivity contribution in [1.29, 1.82) is 0 Å². The zero-order valence-electron chi connectivity index (χ0n) is 11.9. The minimum absolute atomic E-state index is 0.0715. The number of amides is 1. The molecule has 1 aliphatic heterocycles. The van der Waals surface area contributed by atoms with Crippen LogP contribution in [0.15, 0.2) is 24.3 Å². The number of nitrogens with zero attached hydrogens (tertiary/aromatic N) is 2. The fourth-order valence-corrected chi connectivity index (χ4v) is 2.51. The van der Waals surface area contributed by atoms with E-state index < -0.39 is 0 Å². The lowest BCUT2D eigenvalue weighted by Gasteiger charge is -2.35. The monoisotopic (exact) mass is 295 g/mol. The number of halogens is 1. The summed E-state index contributed by atoms with van der Waals surface area (Å²) < 4.78 is 0. The summed E-state index contributed by atoms with van der Waals surface area (Å²) in [5.41, 5.74) is 6.81. The Morgan fingerprint density at radius 3 is 2.40 bits per heavy atom. The van der Waals surface area contributed by atoms with Crippen molar-refractivity contribution in [3.05, 3.63) is 34.9 Å². The lowest BCUT2D eigenvalue weighted by atomic mass is 10.1. The van der Waals surface area contributed by atoms with Gasteiger partial charge in [0.2, 0.25) is 5.91 Å². The predicted octanol–water partition coefficient (Wildman–Crippen LogP) is 1.58. The van der Waals surface area contributed by atoms with Gasteiger partial charge in [-0.1, -0.05) is 30.7 Å². The molecular formula is C15H22ClN3O. The van der Waals surface area contributed by atoms with Crippen LogP contribution < -0.4 is 5.73 Å². The Hall–Kier alpha value is -1.10. The number of hydrogen-bond acceptors (Lipinski definition) is 3. The lowest BCUT2D eigenvalue weighted by molar-refractivity contribution is -0.136. The molecule has 1 amide bonds. The second-order valence-electron chi connectivity index (χ2n) is 5.36. The van der Waals surface area contributed by atoms with Crippen LogP contribution in [0.4, 0.5) is 0 Å². The third-order valence-electron chi connectivity index (χ3n) is 3.78. The average Bonchev–Trinajstić information content (AvgIpc) is 2.49. The maximum atomic E-state index is 12.0. The van der Waals surface area contributed by atoms with Crippen molar-refractivity contribution in [2.45, 2.75) is 13.5 Å². The summed E-state index contributed by atoms with van der Waals surface area (Å²) in [5.74, 6) is 0.108. The molecule has 0 aromatic heterocycles. The van der Waals surface area contributed by atoms with E-state index >= 15 is 0 Å². The molecule has 0 spiro atoms. The van der Waals surface area contributed by atoms with Gasteiger partial charge in [-0.2, -0.15) is 0 Å². The molecule has 2 rings (SSSR count). The number of rotatable bonds is 4. The van der Waals surface area contributed by atoms with Crippen LogP contribution in [-0.4, -0.2) is 48.4 Å². The van der Waals surface area contributed by atoms with Crippen molar-refractivity contribution in [1.82, 2.24) is 9.80 Å². The van der Waals surface area contributed by atoms with Gasteiger partial charge in [0.1, 0.15) is 0 Å². The lowest BCUT2D eigenvalue weighted by Crippen LogP contribution is -2.50. The zero-order valence-corrected chi connectivity index (χ0v) is 12.6. The Morgan fingerprint density at radius 2 is 1.85 bits per heavy atom. The standard InChI is InChI=1S/C15H22ClN3O/c1-12(10-17)15(20)19-8-6-18(7-9-19)11-13-2-4-14(16)5-3-13/h2-5,12H,6-11,17H2,1H3. The second-order valence-corrected chi connectivity index (χ2v) is 5.80. The van der Waals surface area contributed by atoms with Crippen molar-refractivity contribution < 1.29 is 4.79 Å². The fraction of sp³-hybridized carbons (Fsp3) is 0.533. The molecule has 0 radical (unpaired) electrons. The third kappa shape index (κ3) is 3.95. The summed E-state index contributed by atoms with van der Waals surface area (Å²) in [7, 11) is 0. The topological polar surface area (TPSA) is 49.6 Å². The van der Waals surface area contributed by atoms with Crippen LogP contribution in [0.25, 0.3) is 0 Å². The first kappa shape index (κ1) is 15.3. The Kier molecular flexibility index (Phi) is 5.40. The molecule has 1 aromatic carbocycles. The maximum absolute atomic E-state index is 12.0. The molecule has 1 aliphatic rings. The summed E-state index contributed by atoms with van der Waals surface area (Å²) >= 11 is 5.88. The van der Waals surface area contributed by atoms with Gasteiger partial charge in [-0.3, -0.25) is 9.69 Å².